The van der Waals surface area contributed by atoms with Gasteiger partial charge in [-0.05, 0) is 49.8 Å². The molecule has 1 saturated heterocycles. The number of carbonyl (C=O) groups is 3. The first kappa shape index (κ1) is 30.8. The summed E-state index contributed by atoms with van der Waals surface area (Å²) in [5, 5.41) is 8.47. The van der Waals surface area contributed by atoms with Gasteiger partial charge in [0.05, 0.1) is 30.6 Å². The van der Waals surface area contributed by atoms with Crippen molar-refractivity contribution in [1.82, 2.24) is 4.90 Å². The highest BCUT2D eigenvalue weighted by atomic mass is 32.2. The summed E-state index contributed by atoms with van der Waals surface area (Å²) in [5.74, 6) is -0.0284. The second-order valence-electron chi connectivity index (χ2n) is 12.3. The first-order valence-electron chi connectivity index (χ1n) is 14.1. The third-order valence-corrected chi connectivity index (χ3v) is 9.36. The van der Waals surface area contributed by atoms with Gasteiger partial charge in [-0.25, -0.2) is 0 Å². The Morgan fingerprint density at radius 2 is 1.71 bits per heavy atom. The average Bonchev–Trinajstić information content (AvgIpc) is 3.02. The predicted molar refractivity (Wildman–Crippen MR) is 162 cm³/mol. The van der Waals surface area contributed by atoms with Gasteiger partial charge in [0.2, 0.25) is 11.8 Å². The topological polar surface area (TPSA) is 96.4 Å². The third-order valence-electron chi connectivity index (χ3n) is 7.88. The van der Waals surface area contributed by atoms with Crippen LogP contribution in [0.5, 0.6) is 11.5 Å². The van der Waals surface area contributed by atoms with Crippen molar-refractivity contribution < 1.29 is 29.0 Å². The van der Waals surface area contributed by atoms with Crippen LogP contribution in [0.1, 0.15) is 67.5 Å². The summed E-state index contributed by atoms with van der Waals surface area (Å²) in [6.45, 7) is 11.6. The fraction of sp³-hybridized carbons (Fsp3) is 0.531. The van der Waals surface area contributed by atoms with E-state index < -0.39 is 17.1 Å². The van der Waals surface area contributed by atoms with Gasteiger partial charge in [-0.2, -0.15) is 0 Å². The third kappa shape index (κ3) is 6.66. The molecule has 9 heteroatoms. The molecule has 0 aromatic heterocycles. The number of aryl methyl sites for hydroxylation is 1. The molecule has 0 bridgehead atoms. The molecule has 2 aliphatic heterocycles. The minimum absolute atomic E-state index is 0.0444. The van der Waals surface area contributed by atoms with E-state index >= 15 is 0 Å². The zero-order valence-corrected chi connectivity index (χ0v) is 26.0. The fourth-order valence-corrected chi connectivity index (χ4v) is 7.27. The summed E-state index contributed by atoms with van der Waals surface area (Å²) >= 11 is 1.49. The van der Waals surface area contributed by atoms with E-state index in [1.54, 1.807) is 19.1 Å². The fourth-order valence-electron chi connectivity index (χ4n) is 5.79. The molecule has 2 amide bonds. The van der Waals surface area contributed by atoms with E-state index in [0.717, 1.165) is 33.7 Å². The maximum absolute atomic E-state index is 14.3. The summed E-state index contributed by atoms with van der Waals surface area (Å²) in [6.07, 6.45) is 0.903. The van der Waals surface area contributed by atoms with Gasteiger partial charge in [0.25, 0.3) is 0 Å². The Bertz CT molecular complexity index is 1310. The maximum Gasteiger partial charge on any atom is 0.306 e. The molecular formula is C32H42N2O6S. The Balaban J connectivity index is 1.78. The molecule has 2 aromatic rings. The molecule has 2 aromatic carbocycles. The highest BCUT2D eigenvalue weighted by Crippen LogP contribution is 2.51. The number of likely N-dealkylation sites (tertiary alicyclic amines) is 1. The number of hydrogen-bond donors (Lipinski definition) is 1. The summed E-state index contributed by atoms with van der Waals surface area (Å²) in [6, 6.07) is 10.1. The zero-order valence-electron chi connectivity index (χ0n) is 25.2. The zero-order chi connectivity index (χ0) is 30.1. The number of carbonyl (C=O) groups excluding carboxylic acids is 2. The van der Waals surface area contributed by atoms with Crippen molar-refractivity contribution in [3.63, 3.8) is 0 Å². The molecule has 2 heterocycles. The minimum atomic E-state index is -0.816. The van der Waals surface area contributed by atoms with Gasteiger partial charge in [0.1, 0.15) is 11.5 Å². The maximum atomic E-state index is 14.3. The SMILES string of the molecule is COc1ccc(C2SC(CC(=O)N3CCC(C(=O)O)CC3)C(=O)N(CC(C)(C)C)c3ccc(C)cc32)c(OC)c1C. The van der Waals surface area contributed by atoms with Crippen molar-refractivity contribution in [2.45, 2.75) is 64.4 Å². The summed E-state index contributed by atoms with van der Waals surface area (Å²) in [7, 11) is 3.27. The standard InChI is InChI=1S/C32H42N2O6S/c1-19-8-10-24-23(16-19)29(22-9-11-25(39-6)20(2)28(22)40-7)41-26(30(36)34(24)18-32(3,4)5)17-27(35)33-14-12-21(13-15-33)31(37)38/h8-11,16,21,26,29H,12-15,17-18H2,1-7H3,(H,37,38). The van der Waals surface area contributed by atoms with E-state index in [1.807, 2.05) is 43.0 Å². The number of nitrogens with zero attached hydrogens (tertiary/aromatic N) is 2. The largest absolute Gasteiger partial charge is 0.496 e. The number of anilines is 1. The van der Waals surface area contributed by atoms with E-state index in [9.17, 15) is 19.5 Å². The van der Waals surface area contributed by atoms with Crippen molar-refractivity contribution in [2.75, 3.05) is 38.8 Å². The number of ether oxygens (including phenoxy) is 2. The van der Waals surface area contributed by atoms with Gasteiger partial charge in [0.15, 0.2) is 0 Å². The number of hydrogen-bond acceptors (Lipinski definition) is 6. The van der Waals surface area contributed by atoms with Crippen LogP contribution in [-0.4, -0.2) is 66.9 Å². The lowest BCUT2D eigenvalue weighted by Crippen LogP contribution is -2.45. The first-order valence-corrected chi connectivity index (χ1v) is 15.1. The molecule has 0 radical (unpaired) electrons. The number of aliphatic carboxylic acids is 1. The van der Waals surface area contributed by atoms with E-state index in [-0.39, 0.29) is 28.9 Å². The lowest BCUT2D eigenvalue weighted by molar-refractivity contribution is -0.145. The Morgan fingerprint density at radius 1 is 1.02 bits per heavy atom. The molecule has 2 atom stereocenters. The number of carboxylic acids is 1. The second kappa shape index (κ2) is 12.3. The number of rotatable bonds is 7. The normalized spacial score (nSPS) is 19.9. The van der Waals surface area contributed by atoms with Gasteiger partial charge in [-0.1, -0.05) is 44.5 Å². The van der Waals surface area contributed by atoms with Crippen LogP contribution in [0.15, 0.2) is 30.3 Å². The second-order valence-corrected chi connectivity index (χ2v) is 13.6. The lowest BCUT2D eigenvalue weighted by atomic mass is 9.93. The molecule has 8 nitrogen and oxygen atoms in total. The number of benzene rings is 2. The molecule has 0 aliphatic carbocycles. The van der Waals surface area contributed by atoms with Crippen LogP contribution in [0, 0.1) is 25.2 Å². The van der Waals surface area contributed by atoms with E-state index in [4.69, 9.17) is 9.47 Å². The van der Waals surface area contributed by atoms with Crippen LogP contribution in [-0.2, 0) is 14.4 Å². The highest BCUT2D eigenvalue weighted by Gasteiger charge is 2.41. The lowest BCUT2D eigenvalue weighted by Gasteiger charge is -2.33. The average molecular weight is 583 g/mol. The van der Waals surface area contributed by atoms with Crippen LogP contribution in [0.25, 0.3) is 0 Å². The molecule has 41 heavy (non-hydrogen) atoms. The smallest absolute Gasteiger partial charge is 0.306 e. The first-order chi connectivity index (χ1) is 19.3. The molecule has 1 fully saturated rings. The Labute approximate surface area is 247 Å². The summed E-state index contributed by atoms with van der Waals surface area (Å²) < 4.78 is 11.5. The van der Waals surface area contributed by atoms with Gasteiger partial charge in [-0.15, -0.1) is 11.8 Å². The van der Waals surface area contributed by atoms with Crippen molar-refractivity contribution in [3.8, 4) is 11.5 Å². The van der Waals surface area contributed by atoms with Crippen LogP contribution in [0.3, 0.4) is 0 Å². The van der Waals surface area contributed by atoms with Crippen molar-refractivity contribution >= 4 is 35.2 Å². The number of methoxy groups -OCH3 is 2. The predicted octanol–water partition coefficient (Wildman–Crippen LogP) is 5.62. The molecule has 2 unspecified atom stereocenters. The number of fused-ring (bicyclic) bond motifs is 1. The van der Waals surface area contributed by atoms with Gasteiger partial charge < -0.3 is 24.4 Å². The van der Waals surface area contributed by atoms with Crippen molar-refractivity contribution in [1.29, 1.82) is 0 Å². The van der Waals surface area contributed by atoms with Crippen LogP contribution < -0.4 is 14.4 Å². The van der Waals surface area contributed by atoms with Crippen LogP contribution >= 0.6 is 11.8 Å². The van der Waals surface area contributed by atoms with Gasteiger partial charge in [0, 0.05) is 42.9 Å². The molecule has 0 spiro atoms. The monoisotopic (exact) mass is 582 g/mol. The Kier molecular flexibility index (Phi) is 9.26. The van der Waals surface area contributed by atoms with E-state index in [0.29, 0.717) is 38.2 Å². The Hall–Kier alpha value is -3.20. The van der Waals surface area contributed by atoms with Crippen molar-refractivity contribution in [2.24, 2.45) is 11.3 Å². The van der Waals surface area contributed by atoms with Crippen LogP contribution in [0.4, 0.5) is 5.69 Å². The molecule has 2 aliphatic rings. The highest BCUT2D eigenvalue weighted by molar-refractivity contribution is 8.01. The number of amides is 2. The van der Waals surface area contributed by atoms with Crippen LogP contribution in [0.2, 0.25) is 0 Å². The molecule has 4 rings (SSSR count). The van der Waals surface area contributed by atoms with E-state index in [2.05, 4.69) is 26.8 Å². The minimum Gasteiger partial charge on any atom is -0.496 e. The quantitative estimate of drug-likeness (QED) is 0.453. The Morgan fingerprint density at radius 3 is 2.29 bits per heavy atom. The number of carboxylic acid groups (broad SMARTS) is 1. The van der Waals surface area contributed by atoms with Gasteiger partial charge >= 0.3 is 5.97 Å². The summed E-state index contributed by atoms with van der Waals surface area (Å²) in [5.41, 5.74) is 4.56. The van der Waals surface area contributed by atoms with Crippen molar-refractivity contribution in [3.05, 3.63) is 52.6 Å². The molecular weight excluding hydrogens is 540 g/mol. The molecule has 1 N–H and O–H groups in total. The molecule has 0 saturated carbocycles. The van der Waals surface area contributed by atoms with E-state index in [1.165, 1.54) is 11.8 Å². The molecule has 222 valence electrons. The number of thioether (sulfide) groups is 1. The van der Waals surface area contributed by atoms with Gasteiger partial charge in [-0.3, -0.25) is 14.4 Å². The number of piperidine rings is 1. The summed E-state index contributed by atoms with van der Waals surface area (Å²) in [4.78, 5) is 42.9.